The normalized spacial score (nSPS) is 11.6. The minimum absolute atomic E-state index is 0.149. The van der Waals surface area contributed by atoms with E-state index in [1.54, 1.807) is 29.2 Å². The van der Waals surface area contributed by atoms with Crippen LogP contribution in [0.3, 0.4) is 0 Å². The molecule has 0 fully saturated rings. The molecule has 0 saturated carbocycles. The van der Waals surface area contributed by atoms with Gasteiger partial charge in [0.2, 0.25) is 5.91 Å². The van der Waals surface area contributed by atoms with Gasteiger partial charge in [-0.3, -0.25) is 9.59 Å². The Balaban J connectivity index is 2.18. The summed E-state index contributed by atoms with van der Waals surface area (Å²) < 4.78 is 5.62. The van der Waals surface area contributed by atoms with Crippen LogP contribution in [0.5, 0.6) is 5.75 Å². The van der Waals surface area contributed by atoms with Crippen LogP contribution >= 0.6 is 11.6 Å². The maximum Gasteiger partial charge on any atom is 0.261 e. The minimum atomic E-state index is -0.554. The van der Waals surface area contributed by atoms with Crippen LogP contribution in [0.1, 0.15) is 31.4 Å². The summed E-state index contributed by atoms with van der Waals surface area (Å²) in [6.07, 6.45) is 0.518. The summed E-state index contributed by atoms with van der Waals surface area (Å²) in [6, 6.07) is 14.2. The average molecular weight is 403 g/mol. The first-order valence-electron chi connectivity index (χ1n) is 9.45. The topological polar surface area (TPSA) is 58.6 Å². The molecule has 28 heavy (non-hydrogen) atoms. The van der Waals surface area contributed by atoms with E-state index in [2.05, 4.69) is 5.32 Å². The molecule has 150 valence electrons. The molecule has 2 amide bonds. The number of halogens is 1. The van der Waals surface area contributed by atoms with Gasteiger partial charge in [-0.25, -0.2) is 0 Å². The van der Waals surface area contributed by atoms with Gasteiger partial charge in [-0.1, -0.05) is 48.4 Å². The van der Waals surface area contributed by atoms with Crippen molar-refractivity contribution >= 4 is 23.4 Å². The first kappa shape index (κ1) is 21.8. The zero-order chi connectivity index (χ0) is 20.5. The SMILES string of the molecule is CCNC(=O)[C@H](CC)N(Cc1cccc(C)c1)C(=O)COc1ccc(Cl)cc1. The number of carbonyl (C=O) groups excluding carboxylic acids is 2. The number of benzene rings is 2. The van der Waals surface area contributed by atoms with E-state index in [0.717, 1.165) is 11.1 Å². The third kappa shape index (κ3) is 6.27. The summed E-state index contributed by atoms with van der Waals surface area (Å²) in [7, 11) is 0. The highest BCUT2D eigenvalue weighted by atomic mass is 35.5. The summed E-state index contributed by atoms with van der Waals surface area (Å²) in [5.74, 6) is 0.159. The van der Waals surface area contributed by atoms with Gasteiger partial charge >= 0.3 is 0 Å². The predicted molar refractivity (Wildman–Crippen MR) is 111 cm³/mol. The van der Waals surface area contributed by atoms with Crippen molar-refractivity contribution in [3.8, 4) is 5.75 Å². The van der Waals surface area contributed by atoms with E-state index in [1.807, 2.05) is 45.0 Å². The number of aryl methyl sites for hydroxylation is 1. The van der Waals surface area contributed by atoms with E-state index in [-0.39, 0.29) is 18.4 Å². The molecular weight excluding hydrogens is 376 g/mol. The number of nitrogens with zero attached hydrogens (tertiary/aromatic N) is 1. The zero-order valence-corrected chi connectivity index (χ0v) is 17.3. The third-order valence-electron chi connectivity index (χ3n) is 4.35. The predicted octanol–water partition coefficient (Wildman–Crippen LogP) is 3.97. The Bertz CT molecular complexity index is 793. The van der Waals surface area contributed by atoms with E-state index in [4.69, 9.17) is 16.3 Å². The average Bonchev–Trinajstić information content (AvgIpc) is 2.67. The van der Waals surface area contributed by atoms with Gasteiger partial charge < -0.3 is 15.0 Å². The van der Waals surface area contributed by atoms with Gasteiger partial charge in [-0.15, -0.1) is 0 Å². The Kier molecular flexibility index (Phi) is 8.33. The van der Waals surface area contributed by atoms with Gasteiger partial charge in [0.15, 0.2) is 6.61 Å². The Hall–Kier alpha value is -2.53. The first-order valence-corrected chi connectivity index (χ1v) is 9.83. The lowest BCUT2D eigenvalue weighted by molar-refractivity contribution is -0.142. The molecule has 0 unspecified atom stereocenters. The second-order valence-electron chi connectivity index (χ2n) is 6.57. The highest BCUT2D eigenvalue weighted by molar-refractivity contribution is 6.30. The van der Waals surface area contributed by atoms with E-state index in [9.17, 15) is 9.59 Å². The fourth-order valence-electron chi connectivity index (χ4n) is 2.98. The standard InChI is InChI=1S/C22H27ClN2O3/c1-4-20(22(27)24-5-2)25(14-17-8-6-7-16(3)13-17)21(26)15-28-19-11-9-18(23)10-12-19/h6-13,20H,4-5,14-15H2,1-3H3,(H,24,27)/t20-/m0/s1. The molecule has 2 aromatic rings. The lowest BCUT2D eigenvalue weighted by Gasteiger charge is -2.30. The molecule has 0 heterocycles. The van der Waals surface area contributed by atoms with Crippen molar-refractivity contribution in [2.75, 3.05) is 13.2 Å². The second-order valence-corrected chi connectivity index (χ2v) is 7.01. The number of carbonyl (C=O) groups is 2. The third-order valence-corrected chi connectivity index (χ3v) is 4.60. The molecule has 1 N–H and O–H groups in total. The summed E-state index contributed by atoms with van der Waals surface area (Å²) >= 11 is 5.88. The molecule has 2 rings (SSSR count). The minimum Gasteiger partial charge on any atom is -0.484 e. The Morgan fingerprint density at radius 2 is 1.86 bits per heavy atom. The van der Waals surface area contributed by atoms with Gasteiger partial charge in [-0.2, -0.15) is 0 Å². The molecule has 0 radical (unpaired) electrons. The van der Waals surface area contributed by atoms with Crippen molar-refractivity contribution in [3.05, 3.63) is 64.7 Å². The van der Waals surface area contributed by atoms with Crippen molar-refractivity contribution in [2.24, 2.45) is 0 Å². The van der Waals surface area contributed by atoms with Gasteiger partial charge in [0.05, 0.1) is 0 Å². The van der Waals surface area contributed by atoms with Crippen molar-refractivity contribution < 1.29 is 14.3 Å². The number of hydrogen-bond donors (Lipinski definition) is 1. The molecule has 5 nitrogen and oxygen atoms in total. The van der Waals surface area contributed by atoms with E-state index in [1.165, 1.54) is 0 Å². The van der Waals surface area contributed by atoms with E-state index < -0.39 is 6.04 Å². The quantitative estimate of drug-likeness (QED) is 0.690. The van der Waals surface area contributed by atoms with Gasteiger partial charge in [0.25, 0.3) is 5.91 Å². The Morgan fingerprint density at radius 3 is 2.46 bits per heavy atom. The smallest absolute Gasteiger partial charge is 0.261 e. The maximum atomic E-state index is 13.0. The van der Waals surface area contributed by atoms with Crippen LogP contribution in [0.4, 0.5) is 0 Å². The number of amides is 2. The van der Waals surface area contributed by atoms with Crippen molar-refractivity contribution in [1.29, 1.82) is 0 Å². The lowest BCUT2D eigenvalue weighted by atomic mass is 10.1. The maximum absolute atomic E-state index is 13.0. The number of hydrogen-bond acceptors (Lipinski definition) is 3. The number of likely N-dealkylation sites (N-methyl/N-ethyl adjacent to an activating group) is 1. The molecular formula is C22H27ClN2O3. The van der Waals surface area contributed by atoms with Crippen LogP contribution in [-0.4, -0.2) is 35.9 Å². The van der Waals surface area contributed by atoms with Crippen LogP contribution in [-0.2, 0) is 16.1 Å². The van der Waals surface area contributed by atoms with Gasteiger partial charge in [0.1, 0.15) is 11.8 Å². The monoisotopic (exact) mass is 402 g/mol. The second kappa shape index (κ2) is 10.7. The molecule has 0 bridgehead atoms. The van der Waals surface area contributed by atoms with Crippen LogP contribution in [0.15, 0.2) is 48.5 Å². The van der Waals surface area contributed by atoms with E-state index >= 15 is 0 Å². The number of nitrogens with one attached hydrogen (secondary N) is 1. The summed E-state index contributed by atoms with van der Waals surface area (Å²) in [5.41, 5.74) is 2.08. The molecule has 0 aliphatic rings. The van der Waals surface area contributed by atoms with Crippen LogP contribution < -0.4 is 10.1 Å². The molecule has 1 atom stereocenters. The number of ether oxygens (including phenoxy) is 1. The molecule has 0 aliphatic heterocycles. The van der Waals surface area contributed by atoms with Crippen LogP contribution in [0.25, 0.3) is 0 Å². The zero-order valence-electron chi connectivity index (χ0n) is 16.6. The number of rotatable bonds is 9. The summed E-state index contributed by atoms with van der Waals surface area (Å²) in [4.78, 5) is 27.1. The molecule has 0 spiro atoms. The molecule has 0 aromatic heterocycles. The molecule has 2 aromatic carbocycles. The lowest BCUT2D eigenvalue weighted by Crippen LogP contribution is -2.50. The van der Waals surface area contributed by atoms with E-state index in [0.29, 0.717) is 30.3 Å². The molecule has 6 heteroatoms. The Labute approximate surface area is 171 Å². The van der Waals surface area contributed by atoms with Crippen LogP contribution in [0, 0.1) is 6.92 Å². The van der Waals surface area contributed by atoms with Gasteiger partial charge in [0, 0.05) is 18.1 Å². The van der Waals surface area contributed by atoms with Crippen LogP contribution in [0.2, 0.25) is 5.02 Å². The Morgan fingerprint density at radius 1 is 1.14 bits per heavy atom. The van der Waals surface area contributed by atoms with Crippen molar-refractivity contribution in [1.82, 2.24) is 10.2 Å². The highest BCUT2D eigenvalue weighted by Crippen LogP contribution is 2.17. The summed E-state index contributed by atoms with van der Waals surface area (Å²) in [5, 5.41) is 3.42. The van der Waals surface area contributed by atoms with Crippen molar-refractivity contribution in [2.45, 2.75) is 39.8 Å². The fraction of sp³-hybridized carbons (Fsp3) is 0.364. The fourth-order valence-corrected chi connectivity index (χ4v) is 3.10. The van der Waals surface area contributed by atoms with Gasteiger partial charge in [-0.05, 0) is 50.1 Å². The largest absolute Gasteiger partial charge is 0.484 e. The first-order chi connectivity index (χ1) is 13.4. The highest BCUT2D eigenvalue weighted by Gasteiger charge is 2.28. The summed E-state index contributed by atoms with van der Waals surface area (Å²) in [6.45, 7) is 6.48. The molecule has 0 aliphatic carbocycles. The molecule has 0 saturated heterocycles. The van der Waals surface area contributed by atoms with Crippen molar-refractivity contribution in [3.63, 3.8) is 0 Å².